The summed E-state index contributed by atoms with van der Waals surface area (Å²) in [6, 6.07) is 5.15. The number of carbonyl (C=O) groups excluding carboxylic acids is 1. The molecule has 0 saturated carbocycles. The molecule has 0 atom stereocenters. The van der Waals surface area contributed by atoms with Crippen molar-refractivity contribution in [2.75, 3.05) is 26.7 Å². The van der Waals surface area contributed by atoms with Gasteiger partial charge in [0.25, 0.3) is 5.56 Å². The van der Waals surface area contributed by atoms with Gasteiger partial charge in [-0.15, -0.1) is 0 Å². The zero-order valence-electron chi connectivity index (χ0n) is 13.6. The lowest BCUT2D eigenvalue weighted by atomic mass is 10.3. The molecule has 0 saturated heterocycles. The molecule has 2 aromatic heterocycles. The molecule has 23 heavy (non-hydrogen) atoms. The average molecular weight is 381 g/mol. The van der Waals surface area contributed by atoms with Crippen molar-refractivity contribution in [3.8, 4) is 0 Å². The van der Waals surface area contributed by atoms with Gasteiger partial charge in [0.2, 0.25) is 5.91 Å². The van der Waals surface area contributed by atoms with Crippen LogP contribution in [0.4, 0.5) is 0 Å². The highest BCUT2D eigenvalue weighted by Gasteiger charge is 2.13. The van der Waals surface area contributed by atoms with Crippen LogP contribution >= 0.6 is 15.9 Å². The number of nitrogens with zero attached hydrogens (tertiary/aromatic N) is 4. The summed E-state index contributed by atoms with van der Waals surface area (Å²) in [5, 5.41) is 0. The summed E-state index contributed by atoms with van der Waals surface area (Å²) in [5.74, 6) is 0.0824. The molecule has 0 aromatic carbocycles. The molecule has 0 spiro atoms. The molecule has 0 fully saturated rings. The fourth-order valence-corrected chi connectivity index (χ4v) is 2.78. The average Bonchev–Trinajstić information content (AvgIpc) is 2.49. The van der Waals surface area contributed by atoms with E-state index in [1.807, 2.05) is 31.9 Å². The second-order valence-corrected chi connectivity index (χ2v) is 6.32. The minimum Gasteiger partial charge on any atom is -0.342 e. The first-order valence-corrected chi connectivity index (χ1v) is 8.38. The van der Waals surface area contributed by atoms with E-state index in [9.17, 15) is 9.59 Å². The third kappa shape index (κ3) is 4.39. The van der Waals surface area contributed by atoms with Crippen LogP contribution in [-0.2, 0) is 11.3 Å². The summed E-state index contributed by atoms with van der Waals surface area (Å²) in [4.78, 5) is 32.4. The molecular weight excluding hydrogens is 360 g/mol. The Morgan fingerprint density at radius 1 is 1.30 bits per heavy atom. The molecule has 0 aliphatic heterocycles. The van der Waals surface area contributed by atoms with Gasteiger partial charge in [-0.1, -0.05) is 0 Å². The Kier molecular flexibility index (Phi) is 5.90. The molecule has 2 rings (SSSR count). The highest BCUT2D eigenvalue weighted by Crippen LogP contribution is 2.10. The summed E-state index contributed by atoms with van der Waals surface area (Å²) in [5.41, 5.74) is 1.13. The summed E-state index contributed by atoms with van der Waals surface area (Å²) in [6.07, 6.45) is 1.70. The summed E-state index contributed by atoms with van der Waals surface area (Å²) >= 11 is 3.34. The van der Waals surface area contributed by atoms with Crippen LogP contribution in [0, 0.1) is 0 Å². The van der Waals surface area contributed by atoms with E-state index in [-0.39, 0.29) is 11.5 Å². The smallest absolute Gasteiger partial charge is 0.258 e. The molecule has 0 unspecified atom stereocenters. The fourth-order valence-electron chi connectivity index (χ4n) is 2.45. The van der Waals surface area contributed by atoms with Crippen molar-refractivity contribution in [1.29, 1.82) is 0 Å². The Morgan fingerprint density at radius 2 is 2.00 bits per heavy atom. The molecule has 0 radical (unpaired) electrons. The predicted molar refractivity (Wildman–Crippen MR) is 93.4 cm³/mol. The van der Waals surface area contributed by atoms with E-state index in [4.69, 9.17) is 0 Å². The lowest BCUT2D eigenvalue weighted by Crippen LogP contribution is -2.38. The maximum absolute atomic E-state index is 12.2. The first kappa shape index (κ1) is 17.6. The highest BCUT2D eigenvalue weighted by molar-refractivity contribution is 9.10. The van der Waals surface area contributed by atoms with Gasteiger partial charge in [0.15, 0.2) is 0 Å². The van der Waals surface area contributed by atoms with Gasteiger partial charge in [0.05, 0.1) is 12.2 Å². The van der Waals surface area contributed by atoms with Crippen molar-refractivity contribution in [3.05, 3.63) is 44.9 Å². The molecule has 0 aliphatic rings. The van der Waals surface area contributed by atoms with Gasteiger partial charge in [-0.25, -0.2) is 4.98 Å². The Labute approximate surface area is 143 Å². The normalized spacial score (nSPS) is 11.2. The summed E-state index contributed by atoms with van der Waals surface area (Å²) < 4.78 is 2.32. The number of rotatable bonds is 6. The number of carbonyl (C=O) groups is 1. The van der Waals surface area contributed by atoms with E-state index in [0.717, 1.165) is 4.47 Å². The third-order valence-electron chi connectivity index (χ3n) is 3.63. The van der Waals surface area contributed by atoms with E-state index >= 15 is 0 Å². The van der Waals surface area contributed by atoms with Crippen LogP contribution in [0.25, 0.3) is 5.65 Å². The van der Waals surface area contributed by atoms with Crippen LogP contribution in [0.1, 0.15) is 19.5 Å². The first-order valence-electron chi connectivity index (χ1n) is 7.58. The predicted octanol–water partition coefficient (Wildman–Crippen LogP) is 1.76. The van der Waals surface area contributed by atoms with Gasteiger partial charge in [0.1, 0.15) is 5.65 Å². The van der Waals surface area contributed by atoms with Gasteiger partial charge in [-0.2, -0.15) is 0 Å². The number of amides is 1. The maximum Gasteiger partial charge on any atom is 0.258 e. The molecule has 7 heteroatoms. The number of pyridine rings is 1. The molecule has 0 N–H and O–H groups in total. The monoisotopic (exact) mass is 380 g/mol. The Bertz CT molecular complexity index is 755. The number of halogens is 1. The van der Waals surface area contributed by atoms with E-state index in [2.05, 4.69) is 20.9 Å². The number of hydrogen-bond donors (Lipinski definition) is 0. The fraction of sp³-hybridized carbons (Fsp3) is 0.438. The van der Waals surface area contributed by atoms with E-state index in [0.29, 0.717) is 37.5 Å². The standard InChI is InChI=1S/C16H21BrN4O2/c1-4-20(5-2)16(23)11-19(3)10-13-8-15(22)21-9-12(17)6-7-14(21)18-13/h6-9H,4-5,10-11H2,1-3H3. The molecule has 2 heterocycles. The zero-order chi connectivity index (χ0) is 17.0. The number of aromatic nitrogens is 2. The second-order valence-electron chi connectivity index (χ2n) is 5.40. The summed E-state index contributed by atoms with van der Waals surface area (Å²) in [6.45, 7) is 6.09. The molecule has 1 amide bonds. The number of hydrogen-bond acceptors (Lipinski definition) is 4. The van der Waals surface area contributed by atoms with Crippen molar-refractivity contribution in [3.63, 3.8) is 0 Å². The third-order valence-corrected chi connectivity index (χ3v) is 4.10. The van der Waals surface area contributed by atoms with Crippen LogP contribution in [0.15, 0.2) is 33.7 Å². The van der Waals surface area contributed by atoms with Crippen molar-refractivity contribution < 1.29 is 4.79 Å². The van der Waals surface area contributed by atoms with E-state index in [1.54, 1.807) is 17.2 Å². The summed E-state index contributed by atoms with van der Waals surface area (Å²) in [7, 11) is 1.85. The molecule has 0 bridgehead atoms. The van der Waals surface area contributed by atoms with Crippen molar-refractivity contribution >= 4 is 27.5 Å². The minimum absolute atomic E-state index is 0.0824. The molecule has 124 valence electrons. The highest BCUT2D eigenvalue weighted by atomic mass is 79.9. The van der Waals surface area contributed by atoms with Crippen LogP contribution in [0.2, 0.25) is 0 Å². The largest absolute Gasteiger partial charge is 0.342 e. The Balaban J connectivity index is 2.14. The molecule has 2 aromatic rings. The van der Waals surface area contributed by atoms with Crippen molar-refractivity contribution in [2.24, 2.45) is 0 Å². The van der Waals surface area contributed by atoms with E-state index < -0.39 is 0 Å². The van der Waals surface area contributed by atoms with Crippen LogP contribution in [-0.4, -0.2) is 51.8 Å². The maximum atomic E-state index is 12.2. The van der Waals surface area contributed by atoms with Gasteiger partial charge in [-0.3, -0.25) is 18.9 Å². The van der Waals surface area contributed by atoms with Crippen molar-refractivity contribution in [1.82, 2.24) is 19.2 Å². The first-order chi connectivity index (χ1) is 10.9. The number of likely N-dealkylation sites (N-methyl/N-ethyl adjacent to an activating group) is 2. The van der Waals surface area contributed by atoms with Crippen LogP contribution in [0.3, 0.4) is 0 Å². The Morgan fingerprint density at radius 3 is 2.65 bits per heavy atom. The Hall–Kier alpha value is -1.73. The lowest BCUT2D eigenvalue weighted by Gasteiger charge is -2.22. The van der Waals surface area contributed by atoms with Gasteiger partial charge in [-0.05, 0) is 49.0 Å². The number of fused-ring (bicyclic) bond motifs is 1. The SMILES string of the molecule is CCN(CC)C(=O)CN(C)Cc1cc(=O)n2cc(Br)ccc2n1. The molecular formula is C16H21BrN4O2. The van der Waals surface area contributed by atoms with Gasteiger partial charge >= 0.3 is 0 Å². The van der Waals surface area contributed by atoms with Gasteiger partial charge in [0, 0.05) is 36.4 Å². The second kappa shape index (κ2) is 7.70. The van der Waals surface area contributed by atoms with Crippen LogP contribution in [0.5, 0.6) is 0 Å². The quantitative estimate of drug-likeness (QED) is 0.765. The molecule has 0 aliphatic carbocycles. The van der Waals surface area contributed by atoms with Crippen molar-refractivity contribution in [2.45, 2.75) is 20.4 Å². The van der Waals surface area contributed by atoms with Gasteiger partial charge < -0.3 is 4.90 Å². The van der Waals surface area contributed by atoms with Crippen LogP contribution < -0.4 is 5.56 Å². The molecule has 6 nitrogen and oxygen atoms in total. The minimum atomic E-state index is -0.130. The zero-order valence-corrected chi connectivity index (χ0v) is 15.2. The van der Waals surface area contributed by atoms with E-state index in [1.165, 1.54) is 10.5 Å². The topological polar surface area (TPSA) is 57.9 Å². The lowest BCUT2D eigenvalue weighted by molar-refractivity contribution is -0.131.